The predicted molar refractivity (Wildman–Crippen MR) is 55.0 cm³/mol. The van der Waals surface area contributed by atoms with Crippen LogP contribution in [0.5, 0.6) is 5.88 Å². The lowest BCUT2D eigenvalue weighted by atomic mass is 10.3. The molecule has 2 rings (SSSR count). The highest BCUT2D eigenvalue weighted by Crippen LogP contribution is 2.27. The van der Waals surface area contributed by atoms with Crippen molar-refractivity contribution in [1.29, 1.82) is 0 Å². The molecule has 13 heavy (non-hydrogen) atoms. The smallest absolute Gasteiger partial charge is 0.238 e. The molecule has 0 aliphatic carbocycles. The van der Waals surface area contributed by atoms with Crippen LogP contribution >= 0.6 is 15.9 Å². The highest BCUT2D eigenvalue weighted by molar-refractivity contribution is 9.10. The van der Waals surface area contributed by atoms with E-state index in [9.17, 15) is 0 Å². The average Bonchev–Trinajstić information content (AvgIpc) is 2.59. The van der Waals surface area contributed by atoms with E-state index in [4.69, 9.17) is 4.74 Å². The van der Waals surface area contributed by atoms with Gasteiger partial charge in [-0.05, 0) is 28.9 Å². The van der Waals surface area contributed by atoms with Gasteiger partial charge in [-0.1, -0.05) is 0 Å². The van der Waals surface area contributed by atoms with Gasteiger partial charge in [0.1, 0.15) is 5.52 Å². The van der Waals surface area contributed by atoms with Crippen LogP contribution in [0.3, 0.4) is 0 Å². The van der Waals surface area contributed by atoms with Crippen molar-refractivity contribution in [2.45, 2.75) is 6.92 Å². The SMILES string of the molecule is CCOc1ncc(Br)c2cc[nH]c12. The van der Waals surface area contributed by atoms with Gasteiger partial charge in [0, 0.05) is 22.3 Å². The van der Waals surface area contributed by atoms with Crippen molar-refractivity contribution in [3.8, 4) is 5.88 Å². The Morgan fingerprint density at radius 2 is 2.46 bits per heavy atom. The largest absolute Gasteiger partial charge is 0.476 e. The summed E-state index contributed by atoms with van der Waals surface area (Å²) in [5, 5.41) is 1.10. The summed E-state index contributed by atoms with van der Waals surface area (Å²) in [6.07, 6.45) is 3.63. The fourth-order valence-electron chi connectivity index (χ4n) is 1.24. The topological polar surface area (TPSA) is 37.9 Å². The molecule has 0 saturated carbocycles. The molecule has 0 spiro atoms. The fourth-order valence-corrected chi connectivity index (χ4v) is 1.67. The second-order valence-corrected chi connectivity index (χ2v) is 3.46. The zero-order valence-electron chi connectivity index (χ0n) is 7.17. The van der Waals surface area contributed by atoms with E-state index in [2.05, 4.69) is 25.9 Å². The minimum atomic E-state index is 0.628. The van der Waals surface area contributed by atoms with Crippen molar-refractivity contribution in [1.82, 2.24) is 9.97 Å². The summed E-state index contributed by atoms with van der Waals surface area (Å²) >= 11 is 3.42. The van der Waals surface area contributed by atoms with Crippen molar-refractivity contribution in [2.24, 2.45) is 0 Å². The van der Waals surface area contributed by atoms with Gasteiger partial charge in [0.15, 0.2) is 0 Å². The summed E-state index contributed by atoms with van der Waals surface area (Å²) in [5.41, 5.74) is 0.941. The number of rotatable bonds is 2. The number of nitrogens with one attached hydrogen (secondary N) is 1. The number of hydrogen-bond acceptors (Lipinski definition) is 2. The molecule has 0 aromatic carbocycles. The van der Waals surface area contributed by atoms with Crippen molar-refractivity contribution in [3.05, 3.63) is 22.9 Å². The maximum absolute atomic E-state index is 5.37. The molecular formula is C9H9BrN2O. The molecule has 0 saturated heterocycles. The Morgan fingerprint density at radius 1 is 1.62 bits per heavy atom. The van der Waals surface area contributed by atoms with E-state index in [-0.39, 0.29) is 0 Å². The van der Waals surface area contributed by atoms with Gasteiger partial charge >= 0.3 is 0 Å². The normalized spacial score (nSPS) is 10.6. The summed E-state index contributed by atoms with van der Waals surface area (Å²) in [4.78, 5) is 7.26. The summed E-state index contributed by atoms with van der Waals surface area (Å²) in [6, 6.07) is 1.99. The molecular weight excluding hydrogens is 232 g/mol. The standard InChI is InChI=1S/C9H9BrN2O/c1-2-13-9-8-6(3-4-11-8)7(10)5-12-9/h3-5,11H,2H2,1H3. The molecule has 3 nitrogen and oxygen atoms in total. The van der Waals surface area contributed by atoms with Crippen LogP contribution in [0.1, 0.15) is 6.92 Å². The number of halogens is 1. The molecule has 0 bridgehead atoms. The Hall–Kier alpha value is -1.03. The summed E-state index contributed by atoms with van der Waals surface area (Å²) in [7, 11) is 0. The monoisotopic (exact) mass is 240 g/mol. The van der Waals surface area contributed by atoms with E-state index in [0.29, 0.717) is 12.5 Å². The molecule has 68 valence electrons. The van der Waals surface area contributed by atoms with Crippen molar-refractivity contribution >= 4 is 26.8 Å². The lowest BCUT2D eigenvalue weighted by Crippen LogP contribution is -1.94. The van der Waals surface area contributed by atoms with Crippen LogP contribution in [0.4, 0.5) is 0 Å². The second-order valence-electron chi connectivity index (χ2n) is 2.61. The van der Waals surface area contributed by atoms with E-state index in [0.717, 1.165) is 15.4 Å². The molecule has 4 heteroatoms. The van der Waals surface area contributed by atoms with Gasteiger partial charge in [0.05, 0.1) is 6.61 Å². The van der Waals surface area contributed by atoms with Crippen LogP contribution in [-0.4, -0.2) is 16.6 Å². The van der Waals surface area contributed by atoms with Gasteiger partial charge in [0.2, 0.25) is 5.88 Å². The van der Waals surface area contributed by atoms with Crippen LogP contribution in [0.2, 0.25) is 0 Å². The Kier molecular flexibility index (Phi) is 2.22. The molecule has 1 N–H and O–H groups in total. The number of nitrogens with zero attached hydrogens (tertiary/aromatic N) is 1. The van der Waals surface area contributed by atoms with Gasteiger partial charge in [-0.25, -0.2) is 4.98 Å². The Morgan fingerprint density at radius 3 is 3.23 bits per heavy atom. The number of pyridine rings is 1. The highest BCUT2D eigenvalue weighted by atomic mass is 79.9. The average molecular weight is 241 g/mol. The molecule has 0 amide bonds. The summed E-state index contributed by atoms with van der Waals surface area (Å²) in [6.45, 7) is 2.57. The molecule has 0 atom stereocenters. The first kappa shape index (κ1) is 8.56. The molecule has 0 fully saturated rings. The zero-order chi connectivity index (χ0) is 9.26. The van der Waals surface area contributed by atoms with Crippen molar-refractivity contribution in [3.63, 3.8) is 0 Å². The highest BCUT2D eigenvalue weighted by Gasteiger charge is 2.06. The molecule has 2 heterocycles. The first-order chi connectivity index (χ1) is 6.33. The Labute approximate surface area is 84.3 Å². The van der Waals surface area contributed by atoms with Crippen molar-refractivity contribution in [2.75, 3.05) is 6.61 Å². The summed E-state index contributed by atoms with van der Waals surface area (Å²) < 4.78 is 6.35. The molecule has 0 aliphatic rings. The van der Waals surface area contributed by atoms with Crippen LogP contribution in [-0.2, 0) is 0 Å². The first-order valence-electron chi connectivity index (χ1n) is 4.07. The minimum absolute atomic E-state index is 0.628. The first-order valence-corrected chi connectivity index (χ1v) is 4.86. The Bertz CT molecular complexity index is 424. The number of aromatic nitrogens is 2. The molecule has 2 aromatic rings. The van der Waals surface area contributed by atoms with Crippen LogP contribution in [0.15, 0.2) is 22.9 Å². The van der Waals surface area contributed by atoms with Gasteiger partial charge in [-0.15, -0.1) is 0 Å². The van der Waals surface area contributed by atoms with Gasteiger partial charge in [-0.3, -0.25) is 0 Å². The van der Waals surface area contributed by atoms with Crippen LogP contribution in [0.25, 0.3) is 10.9 Å². The predicted octanol–water partition coefficient (Wildman–Crippen LogP) is 2.72. The quantitative estimate of drug-likeness (QED) is 0.877. The van der Waals surface area contributed by atoms with E-state index in [1.54, 1.807) is 6.20 Å². The van der Waals surface area contributed by atoms with E-state index in [1.165, 1.54) is 0 Å². The lowest BCUT2D eigenvalue weighted by molar-refractivity contribution is 0.330. The Balaban J connectivity index is 2.64. The van der Waals surface area contributed by atoms with E-state index >= 15 is 0 Å². The second kappa shape index (κ2) is 3.38. The maximum atomic E-state index is 5.37. The van der Waals surface area contributed by atoms with Gasteiger partial charge < -0.3 is 9.72 Å². The molecule has 0 radical (unpaired) electrons. The van der Waals surface area contributed by atoms with E-state index < -0.39 is 0 Å². The number of hydrogen-bond donors (Lipinski definition) is 1. The fraction of sp³-hybridized carbons (Fsp3) is 0.222. The zero-order valence-corrected chi connectivity index (χ0v) is 8.76. The number of aromatic amines is 1. The molecule has 2 aromatic heterocycles. The third-order valence-corrected chi connectivity index (χ3v) is 2.43. The van der Waals surface area contributed by atoms with Gasteiger partial charge in [-0.2, -0.15) is 0 Å². The van der Waals surface area contributed by atoms with Crippen molar-refractivity contribution < 1.29 is 4.74 Å². The summed E-state index contributed by atoms with van der Waals surface area (Å²) in [5.74, 6) is 0.658. The third-order valence-electron chi connectivity index (χ3n) is 1.79. The molecule has 0 aliphatic heterocycles. The third kappa shape index (κ3) is 1.42. The van der Waals surface area contributed by atoms with Gasteiger partial charge in [0.25, 0.3) is 0 Å². The number of ether oxygens (including phenoxy) is 1. The lowest BCUT2D eigenvalue weighted by Gasteiger charge is -2.03. The number of fused-ring (bicyclic) bond motifs is 1. The minimum Gasteiger partial charge on any atom is -0.476 e. The molecule has 0 unspecified atom stereocenters. The maximum Gasteiger partial charge on any atom is 0.238 e. The van der Waals surface area contributed by atoms with Crippen LogP contribution < -0.4 is 4.74 Å². The van der Waals surface area contributed by atoms with Crippen LogP contribution in [0, 0.1) is 0 Å². The number of H-pyrrole nitrogens is 1. The van der Waals surface area contributed by atoms with E-state index in [1.807, 2.05) is 19.2 Å².